The summed E-state index contributed by atoms with van der Waals surface area (Å²) in [5.41, 5.74) is 22.0. The molecule has 0 spiro atoms. The lowest BCUT2D eigenvalue weighted by Gasteiger charge is -2.24. The van der Waals surface area contributed by atoms with Crippen LogP contribution in [-0.4, -0.2) is 13.7 Å². The fraction of sp³-hybridized carbons (Fsp3) is 0. The Hall–Kier alpha value is -9.62. The third kappa shape index (κ3) is 5.69. The Morgan fingerprint density at radius 3 is 0.956 bits per heavy atom. The highest BCUT2D eigenvalue weighted by molar-refractivity contribution is 6.15. The van der Waals surface area contributed by atoms with Crippen molar-refractivity contribution in [2.45, 2.75) is 0 Å². The molecule has 0 saturated carbocycles. The highest BCUT2D eigenvalue weighted by Gasteiger charge is 2.32. The molecule has 2 N–H and O–H groups in total. The van der Waals surface area contributed by atoms with Gasteiger partial charge in [0.25, 0.3) is 0 Å². The van der Waals surface area contributed by atoms with Crippen LogP contribution >= 0.6 is 0 Å². The molecule has 0 bridgehead atoms. The number of hydrogen-bond acceptors (Lipinski definition) is 3. The lowest BCUT2D eigenvalue weighted by atomic mass is 9.99. The largest absolute Gasteiger partial charge is 0.396 e. The Bertz CT molecular complexity index is 4270. The Labute approximate surface area is 391 Å². The maximum atomic E-state index is 12.1. The van der Waals surface area contributed by atoms with E-state index < -0.39 is 0 Å². The van der Waals surface area contributed by atoms with Gasteiger partial charge in [-0.2, -0.15) is 10.5 Å². The molecule has 68 heavy (non-hydrogen) atoms. The van der Waals surface area contributed by atoms with Crippen LogP contribution in [0.4, 0.5) is 5.69 Å². The number of aromatic nitrogens is 3. The van der Waals surface area contributed by atoms with E-state index in [0.717, 1.165) is 98.8 Å². The number of anilines is 1. The normalized spacial score (nSPS) is 11.6. The minimum absolute atomic E-state index is 0.217. The first kappa shape index (κ1) is 38.8. The van der Waals surface area contributed by atoms with Crippen molar-refractivity contribution < 1.29 is 0 Å². The number of nitrogens with zero attached hydrogens (tertiary/aromatic N) is 5. The van der Waals surface area contributed by atoms with Gasteiger partial charge in [-0.25, -0.2) is 0 Å². The topological polar surface area (TPSA) is 88.4 Å². The van der Waals surface area contributed by atoms with E-state index in [9.17, 15) is 10.5 Å². The average Bonchev–Trinajstić information content (AvgIpc) is 4.03. The van der Waals surface area contributed by atoms with Crippen LogP contribution in [0.25, 0.3) is 116 Å². The molecule has 6 nitrogen and oxygen atoms in total. The highest BCUT2D eigenvalue weighted by atomic mass is 15.1. The van der Waals surface area contributed by atoms with Crippen LogP contribution in [0.1, 0.15) is 11.1 Å². The lowest BCUT2D eigenvalue weighted by molar-refractivity contribution is 1.06. The van der Waals surface area contributed by atoms with Gasteiger partial charge in [-0.15, -0.1) is 0 Å². The molecule has 0 unspecified atom stereocenters. The minimum atomic E-state index is 0.217. The molecule has 0 aliphatic carbocycles. The first-order valence-electron chi connectivity index (χ1n) is 22.7. The maximum Gasteiger partial charge on any atom is 0.104 e. The summed E-state index contributed by atoms with van der Waals surface area (Å²) < 4.78 is 6.46. The van der Waals surface area contributed by atoms with Crippen molar-refractivity contribution in [2.24, 2.45) is 0 Å². The SMILES string of the molecule is N#Cc1c(N)c(-n2c3ccccc3c3cc(-c4ccccc4)ccc32)c(-n2c3ccccc3c3cc(-c4ccccc4)ccc32)c(C#N)c1-n1c2ccccc2c2cc(-c3ccccc3)ccc21. The fourth-order valence-electron chi connectivity index (χ4n) is 10.7. The Morgan fingerprint density at radius 1 is 0.279 bits per heavy atom. The number of para-hydroxylation sites is 3. The van der Waals surface area contributed by atoms with Gasteiger partial charge in [0.1, 0.15) is 23.3 Å². The predicted octanol–water partition coefficient (Wildman–Crippen LogP) is 15.3. The Kier molecular flexibility index (Phi) is 8.70. The van der Waals surface area contributed by atoms with Crippen molar-refractivity contribution >= 4 is 71.1 Å². The third-order valence-corrected chi connectivity index (χ3v) is 13.7. The number of rotatable bonds is 6. The summed E-state index contributed by atoms with van der Waals surface area (Å²) in [6, 6.07) is 80.8. The number of hydrogen-bond donors (Lipinski definition) is 1. The van der Waals surface area contributed by atoms with Crippen molar-refractivity contribution in [2.75, 3.05) is 5.73 Å². The van der Waals surface area contributed by atoms with Crippen molar-refractivity contribution in [1.29, 1.82) is 10.5 Å². The number of nitrogens with two attached hydrogens (primary N) is 1. The molecule has 3 aromatic heterocycles. The van der Waals surface area contributed by atoms with Crippen LogP contribution in [0.2, 0.25) is 0 Å². The number of nitrogen functional groups attached to an aromatic ring is 1. The van der Waals surface area contributed by atoms with E-state index in [1.54, 1.807) is 0 Å². The third-order valence-electron chi connectivity index (χ3n) is 13.7. The monoisotopic (exact) mass is 866 g/mol. The van der Waals surface area contributed by atoms with E-state index in [0.29, 0.717) is 22.6 Å². The smallest absolute Gasteiger partial charge is 0.104 e. The van der Waals surface area contributed by atoms with Gasteiger partial charge < -0.3 is 19.4 Å². The molecule has 6 heteroatoms. The molecule has 0 saturated heterocycles. The molecule has 0 aliphatic heterocycles. The Morgan fingerprint density at radius 2 is 0.588 bits per heavy atom. The zero-order valence-corrected chi connectivity index (χ0v) is 36.6. The van der Waals surface area contributed by atoms with Gasteiger partial charge in [0.05, 0.1) is 55.8 Å². The number of benzene rings is 10. The maximum absolute atomic E-state index is 12.1. The van der Waals surface area contributed by atoms with Crippen molar-refractivity contribution in [3.8, 4) is 62.6 Å². The van der Waals surface area contributed by atoms with E-state index in [1.165, 1.54) is 0 Å². The zero-order chi connectivity index (χ0) is 45.5. The molecular weight excluding hydrogens is 829 g/mol. The Balaban J connectivity index is 1.21. The molecule has 0 radical (unpaired) electrons. The molecule has 0 aliphatic rings. The standard InChI is InChI=1S/C62H38N6/c63-37-51-59(65)62(68-55-27-15-12-24-47(55)50-36-44(30-33-58(50)68)41-20-8-3-9-21-41)61(67-54-26-14-11-23-46(54)49-35-43(29-32-57(49)67)40-18-6-2-7-19-40)52(38-64)60(51)66-53-25-13-10-22-45(53)48-34-42(28-31-56(48)66)39-16-4-1-5-17-39/h1-36H,65H2. The van der Waals surface area contributed by atoms with Gasteiger partial charge in [-0.1, -0.05) is 164 Å². The summed E-state index contributed by atoms with van der Waals surface area (Å²) in [7, 11) is 0. The van der Waals surface area contributed by atoms with Crippen LogP contribution in [0, 0.1) is 22.7 Å². The molecule has 0 atom stereocenters. The van der Waals surface area contributed by atoms with Gasteiger partial charge in [0.2, 0.25) is 0 Å². The van der Waals surface area contributed by atoms with Crippen LogP contribution in [-0.2, 0) is 0 Å². The second kappa shape index (κ2) is 15.2. The molecule has 10 aromatic carbocycles. The van der Waals surface area contributed by atoms with E-state index in [4.69, 9.17) is 5.73 Å². The van der Waals surface area contributed by atoms with E-state index >= 15 is 0 Å². The van der Waals surface area contributed by atoms with Gasteiger partial charge >= 0.3 is 0 Å². The van der Waals surface area contributed by atoms with Crippen molar-refractivity contribution in [3.05, 3.63) is 230 Å². The molecule has 316 valence electrons. The number of nitriles is 2. The zero-order valence-electron chi connectivity index (χ0n) is 36.6. The average molecular weight is 867 g/mol. The molecule has 0 amide bonds. The van der Waals surface area contributed by atoms with Crippen LogP contribution in [0.15, 0.2) is 218 Å². The summed E-state index contributed by atoms with van der Waals surface area (Å²) in [6.45, 7) is 0. The quantitative estimate of drug-likeness (QED) is 0.169. The van der Waals surface area contributed by atoms with Gasteiger partial charge in [-0.05, 0) is 88.0 Å². The summed E-state index contributed by atoms with van der Waals surface area (Å²) in [5, 5.41) is 29.8. The van der Waals surface area contributed by atoms with Gasteiger partial charge in [-0.3, -0.25) is 0 Å². The summed E-state index contributed by atoms with van der Waals surface area (Å²) in [5.74, 6) is 0. The van der Waals surface area contributed by atoms with Crippen molar-refractivity contribution in [3.63, 3.8) is 0 Å². The predicted molar refractivity (Wildman–Crippen MR) is 280 cm³/mol. The van der Waals surface area contributed by atoms with Gasteiger partial charge in [0.15, 0.2) is 0 Å². The highest BCUT2D eigenvalue weighted by Crippen LogP contribution is 2.48. The van der Waals surface area contributed by atoms with Crippen molar-refractivity contribution in [1.82, 2.24) is 13.7 Å². The molecule has 3 heterocycles. The van der Waals surface area contributed by atoms with E-state index in [1.807, 2.05) is 54.6 Å². The fourth-order valence-corrected chi connectivity index (χ4v) is 10.7. The van der Waals surface area contributed by atoms with Crippen LogP contribution < -0.4 is 5.73 Å². The lowest BCUT2D eigenvalue weighted by Crippen LogP contribution is -2.15. The van der Waals surface area contributed by atoms with Crippen LogP contribution in [0.5, 0.6) is 0 Å². The molecular formula is C62H38N6. The van der Waals surface area contributed by atoms with E-state index in [-0.39, 0.29) is 11.3 Å². The summed E-state index contributed by atoms with van der Waals surface area (Å²) in [6.07, 6.45) is 0. The summed E-state index contributed by atoms with van der Waals surface area (Å²) in [4.78, 5) is 0. The molecule has 13 rings (SSSR count). The first-order valence-corrected chi connectivity index (χ1v) is 22.7. The second-order valence-corrected chi connectivity index (χ2v) is 17.3. The van der Waals surface area contributed by atoms with Crippen LogP contribution in [0.3, 0.4) is 0 Å². The van der Waals surface area contributed by atoms with Gasteiger partial charge in [0, 0.05) is 32.3 Å². The number of fused-ring (bicyclic) bond motifs is 9. The second-order valence-electron chi connectivity index (χ2n) is 17.3. The minimum Gasteiger partial charge on any atom is -0.396 e. The molecule has 0 fully saturated rings. The van der Waals surface area contributed by atoms with E-state index in [2.05, 4.69) is 190 Å². The molecule has 13 aromatic rings. The summed E-state index contributed by atoms with van der Waals surface area (Å²) >= 11 is 0. The first-order chi connectivity index (χ1) is 33.6.